The number of nitrogens with one attached hydrogen (secondary N) is 1. The summed E-state index contributed by atoms with van der Waals surface area (Å²) in [5.41, 5.74) is 1.18. The van der Waals surface area contributed by atoms with E-state index in [9.17, 15) is 4.79 Å². The smallest absolute Gasteiger partial charge is 0.309 e. The number of nitrogens with zero attached hydrogens (tertiary/aromatic N) is 2. The minimum Gasteiger partial charge on any atom is -0.481 e. The highest BCUT2D eigenvalue weighted by Gasteiger charge is 2.26. The lowest BCUT2D eigenvalue weighted by molar-refractivity contribution is -0.147. The lowest BCUT2D eigenvalue weighted by Gasteiger charge is -2.18. The molecule has 1 heterocycles. The summed E-state index contributed by atoms with van der Waals surface area (Å²) in [6.07, 6.45) is 0.568. The number of benzene rings is 1. The molecule has 0 amide bonds. The van der Waals surface area contributed by atoms with Crippen molar-refractivity contribution in [2.45, 2.75) is 26.8 Å². The second kappa shape index (κ2) is 6.03. The van der Waals surface area contributed by atoms with Crippen molar-refractivity contribution in [2.24, 2.45) is 12.5 Å². The van der Waals surface area contributed by atoms with Crippen molar-refractivity contribution in [1.82, 2.24) is 14.9 Å². The van der Waals surface area contributed by atoms with Crippen molar-refractivity contribution in [3.8, 4) is 0 Å². The second-order valence-electron chi connectivity index (χ2n) is 5.84. The van der Waals surface area contributed by atoms with Gasteiger partial charge in [-0.05, 0) is 45.0 Å². The van der Waals surface area contributed by atoms with E-state index in [1.807, 2.05) is 29.8 Å². The largest absolute Gasteiger partial charge is 0.481 e. The topological polar surface area (TPSA) is 67.2 Å². The van der Waals surface area contributed by atoms with E-state index >= 15 is 0 Å². The van der Waals surface area contributed by atoms with Crippen LogP contribution in [0.15, 0.2) is 18.2 Å². The summed E-state index contributed by atoms with van der Waals surface area (Å²) in [6, 6.07) is 5.61. The zero-order chi connectivity index (χ0) is 15.6. The van der Waals surface area contributed by atoms with Gasteiger partial charge in [-0.2, -0.15) is 0 Å². The Bertz CT molecular complexity index is 664. The summed E-state index contributed by atoms with van der Waals surface area (Å²) >= 11 is 5.99. The molecular weight excluding hydrogens is 290 g/mol. The maximum absolute atomic E-state index is 11.0. The number of carbonyl (C=O) groups is 1. The zero-order valence-electron chi connectivity index (χ0n) is 12.5. The minimum atomic E-state index is -0.776. The first kappa shape index (κ1) is 15.8. The number of aromatic nitrogens is 2. The predicted octanol–water partition coefficient (Wildman–Crippen LogP) is 2.82. The highest BCUT2D eigenvalue weighted by atomic mass is 35.5. The molecule has 0 spiro atoms. The van der Waals surface area contributed by atoms with Crippen LogP contribution in [0.2, 0.25) is 5.02 Å². The highest BCUT2D eigenvalue weighted by molar-refractivity contribution is 6.31. The summed E-state index contributed by atoms with van der Waals surface area (Å²) in [7, 11) is 1.95. The van der Waals surface area contributed by atoms with E-state index in [4.69, 9.17) is 16.7 Å². The molecule has 0 unspecified atom stereocenters. The van der Waals surface area contributed by atoms with E-state index < -0.39 is 11.4 Å². The number of imidazole rings is 1. The van der Waals surface area contributed by atoms with Crippen molar-refractivity contribution < 1.29 is 9.90 Å². The molecule has 0 radical (unpaired) electrons. The number of fused-ring (bicyclic) bond motifs is 1. The Morgan fingerprint density at radius 1 is 1.48 bits per heavy atom. The number of carboxylic acid groups (broad SMARTS) is 1. The molecule has 21 heavy (non-hydrogen) atoms. The maximum Gasteiger partial charge on any atom is 0.309 e. The van der Waals surface area contributed by atoms with Crippen LogP contribution >= 0.6 is 11.6 Å². The van der Waals surface area contributed by atoms with E-state index in [0.29, 0.717) is 24.5 Å². The number of aryl methyl sites for hydroxylation is 1. The summed E-state index contributed by atoms with van der Waals surface area (Å²) in [5, 5.41) is 13.0. The molecule has 114 valence electrons. The van der Waals surface area contributed by atoms with Crippen molar-refractivity contribution in [3.63, 3.8) is 0 Å². The zero-order valence-corrected chi connectivity index (χ0v) is 13.2. The lowest BCUT2D eigenvalue weighted by Crippen LogP contribution is -2.29. The summed E-state index contributed by atoms with van der Waals surface area (Å²) < 4.78 is 2.00. The standard InChI is InChI=1S/C15H20ClN3O2/c1-15(2,14(20)21)6-7-17-9-13-18-11-5-4-10(16)8-12(11)19(13)3/h4-5,8,17H,6-7,9H2,1-3H3,(H,20,21). The van der Waals surface area contributed by atoms with Gasteiger partial charge in [-0.25, -0.2) is 4.98 Å². The van der Waals surface area contributed by atoms with Gasteiger partial charge in [-0.3, -0.25) is 4.79 Å². The molecule has 0 saturated heterocycles. The van der Waals surface area contributed by atoms with Crippen LogP contribution in [0.1, 0.15) is 26.1 Å². The number of carboxylic acids is 1. The Labute approximate surface area is 128 Å². The molecule has 0 saturated carbocycles. The third-order valence-electron chi connectivity index (χ3n) is 3.72. The highest BCUT2D eigenvalue weighted by Crippen LogP contribution is 2.21. The fourth-order valence-corrected chi connectivity index (χ4v) is 2.25. The quantitative estimate of drug-likeness (QED) is 0.805. The van der Waals surface area contributed by atoms with Gasteiger partial charge in [0.15, 0.2) is 0 Å². The van der Waals surface area contributed by atoms with Gasteiger partial charge >= 0.3 is 5.97 Å². The normalized spacial score (nSPS) is 12.0. The van der Waals surface area contributed by atoms with Gasteiger partial charge in [0, 0.05) is 12.1 Å². The number of hydrogen-bond acceptors (Lipinski definition) is 3. The van der Waals surface area contributed by atoms with Gasteiger partial charge in [0.2, 0.25) is 0 Å². The summed E-state index contributed by atoms with van der Waals surface area (Å²) in [5.74, 6) is 0.127. The van der Waals surface area contributed by atoms with Crippen LogP contribution in [0.5, 0.6) is 0 Å². The SMILES string of the molecule is Cn1c(CNCCC(C)(C)C(=O)O)nc2ccc(Cl)cc21. The van der Waals surface area contributed by atoms with Crippen LogP contribution < -0.4 is 5.32 Å². The lowest BCUT2D eigenvalue weighted by atomic mass is 9.90. The summed E-state index contributed by atoms with van der Waals surface area (Å²) in [6.45, 7) is 4.68. The van der Waals surface area contributed by atoms with Gasteiger partial charge in [-0.1, -0.05) is 11.6 Å². The minimum absolute atomic E-state index is 0.568. The van der Waals surface area contributed by atoms with Crippen LogP contribution in [0.3, 0.4) is 0 Å². The van der Waals surface area contributed by atoms with Crippen molar-refractivity contribution in [1.29, 1.82) is 0 Å². The van der Waals surface area contributed by atoms with Gasteiger partial charge in [0.25, 0.3) is 0 Å². The third kappa shape index (κ3) is 3.54. The molecule has 2 rings (SSSR count). The molecule has 0 fully saturated rings. The first-order chi connectivity index (χ1) is 9.81. The first-order valence-corrected chi connectivity index (χ1v) is 7.24. The van der Waals surface area contributed by atoms with Crippen LogP contribution in [0, 0.1) is 5.41 Å². The fraction of sp³-hybridized carbons (Fsp3) is 0.467. The molecule has 0 aliphatic carbocycles. The molecule has 2 aromatic rings. The van der Waals surface area contributed by atoms with Gasteiger partial charge in [-0.15, -0.1) is 0 Å². The second-order valence-corrected chi connectivity index (χ2v) is 6.27. The summed E-state index contributed by atoms with van der Waals surface area (Å²) in [4.78, 5) is 15.6. The van der Waals surface area contributed by atoms with Crippen molar-refractivity contribution in [2.75, 3.05) is 6.54 Å². The van der Waals surface area contributed by atoms with Crippen LogP contribution in [-0.2, 0) is 18.4 Å². The molecule has 0 aliphatic rings. The van der Waals surface area contributed by atoms with Crippen LogP contribution in [0.25, 0.3) is 11.0 Å². The average molecular weight is 310 g/mol. The van der Waals surface area contributed by atoms with E-state index in [1.165, 1.54) is 0 Å². The van der Waals surface area contributed by atoms with Gasteiger partial charge in [0.1, 0.15) is 5.82 Å². The molecule has 1 aromatic carbocycles. The molecule has 1 aromatic heterocycles. The van der Waals surface area contributed by atoms with Gasteiger partial charge in [0.05, 0.1) is 23.0 Å². The van der Waals surface area contributed by atoms with Crippen molar-refractivity contribution in [3.05, 3.63) is 29.0 Å². The Kier molecular flexibility index (Phi) is 4.54. The average Bonchev–Trinajstić information content (AvgIpc) is 2.72. The Balaban J connectivity index is 1.98. The number of hydrogen-bond donors (Lipinski definition) is 2. The van der Waals surface area contributed by atoms with E-state index in [-0.39, 0.29) is 0 Å². The first-order valence-electron chi connectivity index (χ1n) is 6.86. The molecule has 5 nitrogen and oxygen atoms in total. The van der Waals surface area contributed by atoms with Gasteiger partial charge < -0.3 is 15.0 Å². The third-order valence-corrected chi connectivity index (χ3v) is 3.96. The molecule has 2 N–H and O–H groups in total. The Morgan fingerprint density at radius 2 is 2.19 bits per heavy atom. The van der Waals surface area contributed by atoms with Crippen LogP contribution in [-0.4, -0.2) is 27.2 Å². The van der Waals surface area contributed by atoms with Crippen LogP contribution in [0.4, 0.5) is 0 Å². The molecule has 0 aliphatic heterocycles. The van der Waals surface area contributed by atoms with E-state index in [1.54, 1.807) is 13.8 Å². The predicted molar refractivity (Wildman–Crippen MR) is 83.5 cm³/mol. The monoisotopic (exact) mass is 309 g/mol. The van der Waals surface area contributed by atoms with E-state index in [0.717, 1.165) is 16.9 Å². The Morgan fingerprint density at radius 3 is 2.86 bits per heavy atom. The molecular formula is C15H20ClN3O2. The van der Waals surface area contributed by atoms with E-state index in [2.05, 4.69) is 10.3 Å². The van der Waals surface area contributed by atoms with Crippen molar-refractivity contribution >= 4 is 28.6 Å². The number of aliphatic carboxylic acids is 1. The molecule has 0 atom stereocenters. The fourth-order valence-electron chi connectivity index (χ4n) is 2.08. The number of rotatable bonds is 6. The molecule has 6 heteroatoms. The molecule has 0 bridgehead atoms. The maximum atomic E-state index is 11.0. The Hall–Kier alpha value is -1.59. The number of halogens is 1.